The fraction of sp³-hybridized carbons (Fsp3) is 0.300. The highest BCUT2D eigenvalue weighted by molar-refractivity contribution is 7.22. The lowest BCUT2D eigenvalue weighted by atomic mass is 9.96. The third-order valence-electron chi connectivity index (χ3n) is 4.78. The predicted molar refractivity (Wildman–Crippen MR) is 108 cm³/mol. The number of nitrogens with one attached hydrogen (secondary N) is 1. The highest BCUT2D eigenvalue weighted by Crippen LogP contribution is 2.32. The average Bonchev–Trinajstić information content (AvgIpc) is 3.10. The van der Waals surface area contributed by atoms with Crippen LogP contribution in [0.1, 0.15) is 18.4 Å². The Balaban J connectivity index is 1.33. The normalized spacial score (nSPS) is 15.3. The molecule has 0 spiro atoms. The molecule has 0 unspecified atom stereocenters. The van der Waals surface area contributed by atoms with Crippen molar-refractivity contribution >= 4 is 44.2 Å². The fourth-order valence-corrected chi connectivity index (χ4v) is 4.45. The van der Waals surface area contributed by atoms with Crippen molar-refractivity contribution in [3.05, 3.63) is 59.1 Å². The molecule has 0 bridgehead atoms. The van der Waals surface area contributed by atoms with E-state index in [-0.39, 0.29) is 11.8 Å². The van der Waals surface area contributed by atoms with Crippen molar-refractivity contribution in [1.29, 1.82) is 0 Å². The first-order valence-electron chi connectivity index (χ1n) is 8.82. The minimum atomic E-state index is 0.0822. The van der Waals surface area contributed by atoms with Crippen molar-refractivity contribution in [3.8, 4) is 0 Å². The Morgan fingerprint density at radius 1 is 1.19 bits per heavy atom. The number of amides is 1. The van der Waals surface area contributed by atoms with E-state index in [2.05, 4.69) is 10.2 Å². The molecule has 1 amide bonds. The predicted octanol–water partition coefficient (Wildman–Crippen LogP) is 4.48. The molecule has 1 fully saturated rings. The molecule has 0 aliphatic carbocycles. The second-order valence-electron chi connectivity index (χ2n) is 6.57. The number of aromatic nitrogens is 1. The molecule has 1 aliphatic rings. The third-order valence-corrected chi connectivity index (χ3v) is 6.12. The van der Waals surface area contributed by atoms with Gasteiger partial charge in [-0.05, 0) is 36.6 Å². The van der Waals surface area contributed by atoms with Crippen molar-refractivity contribution in [2.24, 2.45) is 5.92 Å². The number of piperidine rings is 1. The van der Waals surface area contributed by atoms with Gasteiger partial charge in [0.2, 0.25) is 5.91 Å². The van der Waals surface area contributed by atoms with Gasteiger partial charge in [-0.1, -0.05) is 53.3 Å². The van der Waals surface area contributed by atoms with Crippen LogP contribution in [0.25, 0.3) is 10.2 Å². The van der Waals surface area contributed by atoms with Crippen LogP contribution in [-0.2, 0) is 11.3 Å². The first-order valence-corrected chi connectivity index (χ1v) is 10.0. The lowest BCUT2D eigenvalue weighted by Gasteiger charge is -2.31. The number of hydrogen-bond donors (Lipinski definition) is 1. The van der Waals surface area contributed by atoms with E-state index in [9.17, 15) is 4.79 Å². The molecule has 1 aliphatic heterocycles. The Bertz CT molecular complexity index is 904. The van der Waals surface area contributed by atoms with Crippen LogP contribution >= 0.6 is 22.9 Å². The second-order valence-corrected chi connectivity index (χ2v) is 8.02. The highest BCUT2D eigenvalue weighted by Gasteiger charge is 2.26. The molecule has 4 nitrogen and oxygen atoms in total. The quantitative estimate of drug-likeness (QED) is 0.720. The summed E-state index contributed by atoms with van der Waals surface area (Å²) in [7, 11) is 0. The number of benzene rings is 2. The van der Waals surface area contributed by atoms with Gasteiger partial charge in [0.1, 0.15) is 0 Å². The minimum Gasteiger partial charge on any atom is -0.352 e. The zero-order valence-corrected chi connectivity index (χ0v) is 15.9. The molecule has 0 saturated carbocycles. The van der Waals surface area contributed by atoms with E-state index in [1.807, 2.05) is 48.5 Å². The van der Waals surface area contributed by atoms with Crippen LogP contribution in [0.15, 0.2) is 48.5 Å². The Morgan fingerprint density at radius 2 is 1.96 bits per heavy atom. The van der Waals surface area contributed by atoms with Crippen molar-refractivity contribution in [3.63, 3.8) is 0 Å². The summed E-state index contributed by atoms with van der Waals surface area (Å²) in [6.07, 6.45) is 1.72. The summed E-state index contributed by atoms with van der Waals surface area (Å²) in [5.74, 6) is 0.239. The molecule has 1 aromatic heterocycles. The van der Waals surface area contributed by atoms with Crippen molar-refractivity contribution in [2.75, 3.05) is 18.0 Å². The van der Waals surface area contributed by atoms with Gasteiger partial charge in [-0.15, -0.1) is 0 Å². The lowest BCUT2D eigenvalue weighted by Crippen LogP contribution is -2.40. The Hall–Kier alpha value is -2.11. The van der Waals surface area contributed by atoms with E-state index in [0.29, 0.717) is 11.6 Å². The van der Waals surface area contributed by atoms with Crippen molar-refractivity contribution < 1.29 is 4.79 Å². The second kappa shape index (κ2) is 7.64. The summed E-state index contributed by atoms with van der Waals surface area (Å²) >= 11 is 7.73. The highest BCUT2D eigenvalue weighted by atomic mass is 35.5. The Kier molecular flexibility index (Phi) is 5.09. The van der Waals surface area contributed by atoms with Gasteiger partial charge in [-0.2, -0.15) is 0 Å². The Labute approximate surface area is 161 Å². The smallest absolute Gasteiger partial charge is 0.223 e. The number of fused-ring (bicyclic) bond motifs is 1. The van der Waals surface area contributed by atoms with E-state index in [1.165, 1.54) is 0 Å². The maximum absolute atomic E-state index is 12.4. The van der Waals surface area contributed by atoms with Gasteiger partial charge >= 0.3 is 0 Å². The van der Waals surface area contributed by atoms with Gasteiger partial charge in [0.15, 0.2) is 5.13 Å². The molecule has 1 N–H and O–H groups in total. The monoisotopic (exact) mass is 385 g/mol. The van der Waals surface area contributed by atoms with Gasteiger partial charge in [0, 0.05) is 30.6 Å². The van der Waals surface area contributed by atoms with Crippen LogP contribution in [0.4, 0.5) is 5.13 Å². The minimum absolute atomic E-state index is 0.0822. The number of nitrogens with zero attached hydrogens (tertiary/aromatic N) is 2. The molecule has 2 heterocycles. The van der Waals surface area contributed by atoms with Crippen LogP contribution in [0, 0.1) is 5.92 Å². The van der Waals surface area contributed by atoms with E-state index >= 15 is 0 Å². The standard InChI is InChI=1S/C20H20ClN3OS/c21-16-6-7-18-17(12-16)23-20(26-18)24-10-8-15(9-11-24)19(25)22-13-14-4-2-1-3-5-14/h1-7,12,15H,8-11,13H2,(H,22,25). The first kappa shape index (κ1) is 17.3. The molecule has 2 aromatic carbocycles. The number of halogens is 1. The molecule has 6 heteroatoms. The van der Waals surface area contributed by atoms with Gasteiger partial charge in [0.25, 0.3) is 0 Å². The number of carbonyl (C=O) groups is 1. The SMILES string of the molecule is O=C(NCc1ccccc1)C1CCN(c2nc3cc(Cl)ccc3s2)CC1. The molecule has 0 radical (unpaired) electrons. The largest absolute Gasteiger partial charge is 0.352 e. The zero-order chi connectivity index (χ0) is 17.9. The van der Waals surface area contributed by atoms with Crippen LogP contribution in [0.5, 0.6) is 0 Å². The summed E-state index contributed by atoms with van der Waals surface area (Å²) in [5.41, 5.74) is 2.08. The number of rotatable bonds is 4. The summed E-state index contributed by atoms with van der Waals surface area (Å²) in [6.45, 7) is 2.31. The number of hydrogen-bond acceptors (Lipinski definition) is 4. The third kappa shape index (κ3) is 3.84. The van der Waals surface area contributed by atoms with Crippen LogP contribution in [0.3, 0.4) is 0 Å². The lowest BCUT2D eigenvalue weighted by molar-refractivity contribution is -0.125. The van der Waals surface area contributed by atoms with Crippen LogP contribution in [0.2, 0.25) is 5.02 Å². The van der Waals surface area contributed by atoms with Crippen molar-refractivity contribution in [1.82, 2.24) is 10.3 Å². The summed E-state index contributed by atoms with van der Waals surface area (Å²) in [4.78, 5) is 19.4. The van der Waals surface area contributed by atoms with E-state index < -0.39 is 0 Å². The molecule has 1 saturated heterocycles. The van der Waals surface area contributed by atoms with Crippen LogP contribution in [-0.4, -0.2) is 24.0 Å². The van der Waals surface area contributed by atoms with Gasteiger partial charge in [0.05, 0.1) is 10.2 Å². The molecule has 26 heavy (non-hydrogen) atoms. The van der Waals surface area contributed by atoms with Gasteiger partial charge in [-0.3, -0.25) is 4.79 Å². The summed E-state index contributed by atoms with van der Waals surface area (Å²) in [6, 6.07) is 15.8. The maximum Gasteiger partial charge on any atom is 0.223 e. The summed E-state index contributed by atoms with van der Waals surface area (Å²) < 4.78 is 1.15. The topological polar surface area (TPSA) is 45.2 Å². The number of carbonyl (C=O) groups excluding carboxylic acids is 1. The van der Waals surface area contributed by atoms with E-state index in [1.54, 1.807) is 11.3 Å². The fourth-order valence-electron chi connectivity index (χ4n) is 3.29. The van der Waals surface area contributed by atoms with E-state index in [0.717, 1.165) is 46.8 Å². The molecule has 134 valence electrons. The summed E-state index contributed by atoms with van der Waals surface area (Å²) in [5, 5.41) is 4.80. The average molecular weight is 386 g/mol. The zero-order valence-electron chi connectivity index (χ0n) is 14.3. The molecule has 0 atom stereocenters. The molecule has 3 aromatic rings. The van der Waals surface area contributed by atoms with Crippen molar-refractivity contribution in [2.45, 2.75) is 19.4 Å². The Morgan fingerprint density at radius 3 is 2.73 bits per heavy atom. The van der Waals surface area contributed by atoms with Gasteiger partial charge < -0.3 is 10.2 Å². The van der Waals surface area contributed by atoms with Crippen LogP contribution < -0.4 is 10.2 Å². The molecular weight excluding hydrogens is 366 g/mol. The molecular formula is C20H20ClN3OS. The maximum atomic E-state index is 12.4. The van der Waals surface area contributed by atoms with E-state index in [4.69, 9.17) is 16.6 Å². The number of anilines is 1. The first-order chi connectivity index (χ1) is 12.7. The van der Waals surface area contributed by atoms with Gasteiger partial charge in [-0.25, -0.2) is 4.98 Å². The molecule has 4 rings (SSSR count). The number of thiazole rings is 1.